The Morgan fingerprint density at radius 2 is 1.64 bits per heavy atom. The highest BCUT2D eigenvalue weighted by molar-refractivity contribution is 6.07. The van der Waals surface area contributed by atoms with Gasteiger partial charge in [0.15, 0.2) is 0 Å². The number of rotatable bonds is 3. The molecule has 5 heteroatoms. The van der Waals surface area contributed by atoms with Gasteiger partial charge < -0.3 is 10.2 Å². The summed E-state index contributed by atoms with van der Waals surface area (Å²) in [7, 11) is 0. The second-order valence-corrected chi connectivity index (χ2v) is 6.00. The van der Waals surface area contributed by atoms with Crippen LogP contribution in [0.5, 0.6) is 0 Å². The molecule has 0 radical (unpaired) electrons. The third-order valence-electron chi connectivity index (χ3n) is 4.36. The number of para-hydroxylation sites is 2. The van der Waals surface area contributed by atoms with Gasteiger partial charge in [-0.1, -0.05) is 36.4 Å². The van der Waals surface area contributed by atoms with Crippen molar-refractivity contribution in [2.45, 2.75) is 20.4 Å². The van der Waals surface area contributed by atoms with Gasteiger partial charge >= 0.3 is 0 Å². The monoisotopic (exact) mass is 331 g/mol. The quantitative estimate of drug-likeness (QED) is 0.789. The van der Waals surface area contributed by atoms with Crippen molar-refractivity contribution in [2.24, 2.45) is 4.99 Å². The molecule has 0 saturated heterocycles. The van der Waals surface area contributed by atoms with Gasteiger partial charge in [0.25, 0.3) is 0 Å². The number of aromatic nitrogens is 2. The van der Waals surface area contributed by atoms with Crippen molar-refractivity contribution in [3.8, 4) is 5.69 Å². The minimum atomic E-state index is 0.722. The van der Waals surface area contributed by atoms with Gasteiger partial charge in [-0.3, -0.25) is 4.99 Å². The summed E-state index contributed by atoms with van der Waals surface area (Å²) in [5.41, 5.74) is 4.40. The van der Waals surface area contributed by atoms with Crippen LogP contribution in [-0.4, -0.2) is 22.3 Å². The van der Waals surface area contributed by atoms with E-state index >= 15 is 0 Å². The number of nitrogens with zero attached hydrogens (tertiary/aromatic N) is 4. The minimum Gasteiger partial charge on any atom is -0.310 e. The SMILES string of the molecule is CCN=C1Nc2c(c(C)nn2-c2ccccc2)CN1c1ccccc1. The normalized spacial score (nSPS) is 15.1. The Morgan fingerprint density at radius 3 is 2.28 bits per heavy atom. The van der Waals surface area contributed by atoms with E-state index in [-0.39, 0.29) is 0 Å². The maximum absolute atomic E-state index is 4.76. The molecule has 0 spiro atoms. The zero-order valence-corrected chi connectivity index (χ0v) is 14.5. The molecule has 1 aliphatic heterocycles. The van der Waals surface area contributed by atoms with Crippen molar-refractivity contribution >= 4 is 17.5 Å². The van der Waals surface area contributed by atoms with E-state index in [1.54, 1.807) is 0 Å². The van der Waals surface area contributed by atoms with Gasteiger partial charge in [-0.15, -0.1) is 0 Å². The zero-order chi connectivity index (χ0) is 17.2. The average Bonchev–Trinajstić information content (AvgIpc) is 2.99. The summed E-state index contributed by atoms with van der Waals surface area (Å²) in [6, 6.07) is 20.5. The molecule has 0 atom stereocenters. The number of nitrogens with one attached hydrogen (secondary N) is 1. The molecule has 0 aliphatic carbocycles. The third-order valence-corrected chi connectivity index (χ3v) is 4.36. The number of hydrogen-bond donors (Lipinski definition) is 1. The fourth-order valence-corrected chi connectivity index (χ4v) is 3.14. The van der Waals surface area contributed by atoms with E-state index in [9.17, 15) is 0 Å². The highest BCUT2D eigenvalue weighted by Crippen LogP contribution is 2.31. The molecule has 0 saturated carbocycles. The molecule has 0 unspecified atom stereocenters. The second-order valence-electron chi connectivity index (χ2n) is 6.00. The smallest absolute Gasteiger partial charge is 0.204 e. The van der Waals surface area contributed by atoms with Crippen LogP contribution in [0.3, 0.4) is 0 Å². The van der Waals surface area contributed by atoms with Gasteiger partial charge in [-0.2, -0.15) is 5.10 Å². The fourth-order valence-electron chi connectivity index (χ4n) is 3.14. The van der Waals surface area contributed by atoms with E-state index in [1.165, 1.54) is 5.56 Å². The van der Waals surface area contributed by atoms with Crippen molar-refractivity contribution in [2.75, 3.05) is 16.8 Å². The van der Waals surface area contributed by atoms with Gasteiger partial charge in [-0.05, 0) is 38.1 Å². The first-order chi connectivity index (χ1) is 12.3. The Labute approximate surface area is 147 Å². The standard InChI is InChI=1S/C20H21N5/c1-3-21-20-22-19-18(14-24(20)16-10-6-4-7-11-16)15(2)23-25(19)17-12-8-5-9-13-17/h4-13H,3,14H2,1-2H3,(H,21,22). The van der Waals surface area contributed by atoms with Gasteiger partial charge in [-0.25, -0.2) is 4.68 Å². The second kappa shape index (κ2) is 6.43. The topological polar surface area (TPSA) is 45.5 Å². The first kappa shape index (κ1) is 15.4. The van der Waals surface area contributed by atoms with Crippen molar-refractivity contribution in [1.29, 1.82) is 0 Å². The molecule has 1 aliphatic rings. The minimum absolute atomic E-state index is 0.722. The van der Waals surface area contributed by atoms with E-state index < -0.39 is 0 Å². The molecule has 0 amide bonds. The Balaban J connectivity index is 1.81. The van der Waals surface area contributed by atoms with Crippen molar-refractivity contribution < 1.29 is 0 Å². The largest absolute Gasteiger partial charge is 0.310 e. The molecular formula is C20H21N5. The Kier molecular flexibility index (Phi) is 3.98. The molecular weight excluding hydrogens is 310 g/mol. The van der Waals surface area contributed by atoms with Crippen LogP contribution in [0.4, 0.5) is 11.5 Å². The van der Waals surface area contributed by atoms with Crippen molar-refractivity contribution in [3.63, 3.8) is 0 Å². The predicted octanol–water partition coefficient (Wildman–Crippen LogP) is 3.99. The fraction of sp³-hybridized carbons (Fsp3) is 0.200. The molecule has 2 heterocycles. The van der Waals surface area contributed by atoms with Crippen LogP contribution in [0, 0.1) is 6.92 Å². The van der Waals surface area contributed by atoms with Gasteiger partial charge in [0, 0.05) is 17.8 Å². The van der Waals surface area contributed by atoms with E-state index in [4.69, 9.17) is 5.10 Å². The lowest BCUT2D eigenvalue weighted by molar-refractivity contribution is 0.868. The average molecular weight is 331 g/mol. The molecule has 5 nitrogen and oxygen atoms in total. The van der Waals surface area contributed by atoms with Gasteiger partial charge in [0.2, 0.25) is 5.96 Å². The molecule has 2 aromatic carbocycles. The predicted molar refractivity (Wildman–Crippen MR) is 103 cm³/mol. The first-order valence-corrected chi connectivity index (χ1v) is 8.56. The maximum atomic E-state index is 4.76. The van der Waals surface area contributed by atoms with Crippen LogP contribution in [0.2, 0.25) is 0 Å². The molecule has 1 N–H and O–H groups in total. The molecule has 3 aromatic rings. The van der Waals surface area contributed by atoms with Crippen LogP contribution >= 0.6 is 0 Å². The van der Waals surface area contributed by atoms with E-state index in [1.807, 2.05) is 35.9 Å². The number of aliphatic imine (C=N–C) groups is 1. The number of aryl methyl sites for hydroxylation is 1. The van der Waals surface area contributed by atoms with Crippen molar-refractivity contribution in [1.82, 2.24) is 9.78 Å². The summed E-state index contributed by atoms with van der Waals surface area (Å²) in [5.74, 6) is 1.86. The summed E-state index contributed by atoms with van der Waals surface area (Å²) in [6.07, 6.45) is 0. The molecule has 126 valence electrons. The highest BCUT2D eigenvalue weighted by atomic mass is 15.4. The van der Waals surface area contributed by atoms with Crippen molar-refractivity contribution in [3.05, 3.63) is 71.9 Å². The van der Waals surface area contributed by atoms with Crippen LogP contribution in [-0.2, 0) is 6.54 Å². The lowest BCUT2D eigenvalue weighted by atomic mass is 10.1. The summed E-state index contributed by atoms with van der Waals surface area (Å²) in [4.78, 5) is 6.88. The van der Waals surface area contributed by atoms with Gasteiger partial charge in [0.05, 0.1) is 17.9 Å². The Bertz CT molecular complexity index is 897. The lowest BCUT2D eigenvalue weighted by Gasteiger charge is -2.31. The number of anilines is 2. The number of hydrogen-bond acceptors (Lipinski definition) is 2. The number of fused-ring (bicyclic) bond motifs is 1. The highest BCUT2D eigenvalue weighted by Gasteiger charge is 2.28. The molecule has 0 fully saturated rings. The summed E-state index contributed by atoms with van der Waals surface area (Å²) >= 11 is 0. The maximum Gasteiger partial charge on any atom is 0.204 e. The number of guanidine groups is 1. The zero-order valence-electron chi connectivity index (χ0n) is 14.5. The van der Waals surface area contributed by atoms with Crippen LogP contribution in [0.25, 0.3) is 5.69 Å². The lowest BCUT2D eigenvalue weighted by Crippen LogP contribution is -2.40. The molecule has 4 rings (SSSR count). The van der Waals surface area contributed by atoms with Crippen LogP contribution < -0.4 is 10.2 Å². The van der Waals surface area contributed by atoms with E-state index in [2.05, 4.69) is 58.5 Å². The summed E-state index contributed by atoms with van der Waals surface area (Å²) in [5, 5.41) is 8.27. The third kappa shape index (κ3) is 2.78. The Morgan fingerprint density at radius 1 is 1.00 bits per heavy atom. The molecule has 1 aromatic heterocycles. The summed E-state index contributed by atoms with van der Waals surface area (Å²) < 4.78 is 1.97. The number of benzene rings is 2. The Hall–Kier alpha value is -3.08. The van der Waals surface area contributed by atoms with E-state index in [0.717, 1.165) is 41.9 Å². The van der Waals surface area contributed by atoms with Crippen LogP contribution in [0.15, 0.2) is 65.7 Å². The van der Waals surface area contributed by atoms with Crippen LogP contribution in [0.1, 0.15) is 18.2 Å². The first-order valence-electron chi connectivity index (χ1n) is 8.56. The summed E-state index contributed by atoms with van der Waals surface area (Å²) in [6.45, 7) is 5.58. The van der Waals surface area contributed by atoms with Gasteiger partial charge in [0.1, 0.15) is 5.82 Å². The molecule has 25 heavy (non-hydrogen) atoms. The molecule has 0 bridgehead atoms. The van der Waals surface area contributed by atoms with E-state index in [0.29, 0.717) is 0 Å².